The maximum Gasteiger partial charge on any atom is 0.228 e. The van der Waals surface area contributed by atoms with Gasteiger partial charge in [0, 0.05) is 17.2 Å². The van der Waals surface area contributed by atoms with Crippen molar-refractivity contribution in [1.29, 1.82) is 0 Å². The van der Waals surface area contributed by atoms with Gasteiger partial charge < -0.3 is 21.1 Å². The van der Waals surface area contributed by atoms with Gasteiger partial charge in [0.15, 0.2) is 5.11 Å². The van der Waals surface area contributed by atoms with Crippen molar-refractivity contribution in [2.45, 2.75) is 30.7 Å². The largest absolute Gasteiger partial charge is 0.508 e. The van der Waals surface area contributed by atoms with E-state index in [2.05, 4.69) is 16.0 Å². The predicted octanol–water partition coefficient (Wildman–Crippen LogP) is 3.54. The van der Waals surface area contributed by atoms with Crippen LogP contribution < -0.4 is 16.0 Å². The van der Waals surface area contributed by atoms with Crippen LogP contribution in [-0.4, -0.2) is 26.1 Å². The van der Waals surface area contributed by atoms with E-state index in [1.165, 1.54) is 12.1 Å². The number of hydrogen-bond donors (Lipinski definition) is 4. The molecule has 1 unspecified atom stereocenters. The first-order chi connectivity index (χ1) is 10.4. The summed E-state index contributed by atoms with van der Waals surface area (Å²) in [5, 5.41) is 17.7. The van der Waals surface area contributed by atoms with Crippen LogP contribution in [0, 0.1) is 5.41 Å². The Bertz CT molecular complexity index is 585. The average molecular weight is 399 g/mol. The molecular weight excluding hydrogens is 381 g/mol. The molecule has 0 radical (unpaired) electrons. The summed E-state index contributed by atoms with van der Waals surface area (Å²) in [5.41, 5.74) is -0.108. The SMILES string of the molecule is CC(C)(C)C(=O)NC(NC(=S)Nc1cccc(O)c1)C(Cl)(Cl)Cl. The van der Waals surface area contributed by atoms with E-state index < -0.39 is 15.4 Å². The van der Waals surface area contributed by atoms with Gasteiger partial charge in [-0.25, -0.2) is 0 Å². The molecule has 1 amide bonds. The summed E-state index contributed by atoms with van der Waals surface area (Å²) >= 11 is 22.8. The Kier molecular flexibility index (Phi) is 6.77. The van der Waals surface area contributed by atoms with Crippen LogP contribution in [-0.2, 0) is 4.79 Å². The molecule has 9 heteroatoms. The fraction of sp³-hybridized carbons (Fsp3) is 0.429. The summed E-state index contributed by atoms with van der Waals surface area (Å²) in [4.78, 5) is 12.1. The number of aromatic hydroxyl groups is 1. The summed E-state index contributed by atoms with van der Waals surface area (Å²) in [7, 11) is 0. The number of alkyl halides is 3. The summed E-state index contributed by atoms with van der Waals surface area (Å²) in [6.07, 6.45) is -1.03. The van der Waals surface area contributed by atoms with Crippen molar-refractivity contribution in [2.75, 3.05) is 5.32 Å². The number of thiocarbonyl (C=S) groups is 1. The highest BCUT2D eigenvalue weighted by molar-refractivity contribution is 7.80. The van der Waals surface area contributed by atoms with Gasteiger partial charge in [0.2, 0.25) is 9.70 Å². The number of amides is 1. The van der Waals surface area contributed by atoms with Crippen LogP contribution in [0.1, 0.15) is 20.8 Å². The fourth-order valence-corrected chi connectivity index (χ4v) is 1.99. The maximum absolute atomic E-state index is 12.1. The number of phenolic OH excluding ortho intramolecular Hbond substituents is 1. The van der Waals surface area contributed by atoms with Gasteiger partial charge in [0.1, 0.15) is 11.9 Å². The van der Waals surface area contributed by atoms with Crippen LogP contribution in [0.15, 0.2) is 24.3 Å². The molecule has 0 fully saturated rings. The Hall–Kier alpha value is -0.950. The highest BCUT2D eigenvalue weighted by Gasteiger charge is 2.36. The lowest BCUT2D eigenvalue weighted by Crippen LogP contribution is -2.58. The lowest BCUT2D eigenvalue weighted by atomic mass is 9.95. The van der Waals surface area contributed by atoms with Crippen LogP contribution >= 0.6 is 47.0 Å². The quantitative estimate of drug-likeness (QED) is 0.356. The standard InChI is InChI=1S/C14H18Cl3N3O2S/c1-13(2,3)11(22)19-10(14(15,16)17)20-12(23)18-8-5-4-6-9(21)7-8/h4-7,10,21H,1-3H3,(H,19,22)(H2,18,20,23). The van der Waals surface area contributed by atoms with Crippen molar-refractivity contribution >= 4 is 63.7 Å². The maximum atomic E-state index is 12.1. The third-order valence-electron chi connectivity index (χ3n) is 2.66. The van der Waals surface area contributed by atoms with Crippen LogP contribution in [0.4, 0.5) is 5.69 Å². The van der Waals surface area contributed by atoms with E-state index in [9.17, 15) is 9.90 Å². The summed E-state index contributed by atoms with van der Waals surface area (Å²) in [6, 6.07) is 6.35. The van der Waals surface area contributed by atoms with E-state index in [-0.39, 0.29) is 16.8 Å². The molecule has 0 spiro atoms. The van der Waals surface area contributed by atoms with E-state index >= 15 is 0 Å². The van der Waals surface area contributed by atoms with Gasteiger partial charge in [-0.2, -0.15) is 0 Å². The smallest absolute Gasteiger partial charge is 0.228 e. The molecule has 4 N–H and O–H groups in total. The second-order valence-electron chi connectivity index (χ2n) is 5.85. The highest BCUT2D eigenvalue weighted by Crippen LogP contribution is 2.30. The van der Waals surface area contributed by atoms with E-state index in [0.717, 1.165) is 0 Å². The normalized spacial score (nSPS) is 13.1. The molecule has 128 valence electrons. The van der Waals surface area contributed by atoms with E-state index in [4.69, 9.17) is 47.0 Å². The number of carbonyl (C=O) groups is 1. The first kappa shape index (κ1) is 20.1. The number of nitrogens with one attached hydrogen (secondary N) is 3. The molecule has 5 nitrogen and oxygen atoms in total. The Balaban J connectivity index is 2.78. The Morgan fingerprint density at radius 2 is 1.83 bits per heavy atom. The van der Waals surface area contributed by atoms with Gasteiger partial charge in [-0.15, -0.1) is 0 Å². The van der Waals surface area contributed by atoms with Gasteiger partial charge >= 0.3 is 0 Å². The summed E-state index contributed by atoms with van der Waals surface area (Å²) < 4.78 is -1.81. The fourth-order valence-electron chi connectivity index (χ4n) is 1.43. The van der Waals surface area contributed by atoms with Crippen molar-refractivity contribution in [3.05, 3.63) is 24.3 Å². The molecule has 23 heavy (non-hydrogen) atoms. The number of benzene rings is 1. The molecular formula is C14H18Cl3N3O2S. The molecule has 0 aliphatic heterocycles. The minimum absolute atomic E-state index is 0.0803. The number of rotatable bonds is 3. The molecule has 1 rings (SSSR count). The monoisotopic (exact) mass is 397 g/mol. The average Bonchev–Trinajstić information content (AvgIpc) is 2.35. The first-order valence-corrected chi connectivity index (χ1v) is 8.18. The summed E-state index contributed by atoms with van der Waals surface area (Å²) in [5.74, 6) is -0.224. The third-order valence-corrected chi connectivity index (χ3v) is 3.54. The van der Waals surface area contributed by atoms with Gasteiger partial charge in [-0.3, -0.25) is 4.79 Å². The minimum atomic E-state index is -1.81. The second kappa shape index (κ2) is 7.75. The molecule has 0 aliphatic rings. The predicted molar refractivity (Wildman–Crippen MR) is 99.1 cm³/mol. The van der Waals surface area contributed by atoms with Crippen molar-refractivity contribution in [3.63, 3.8) is 0 Å². The molecule has 0 saturated carbocycles. The Morgan fingerprint density at radius 1 is 1.22 bits per heavy atom. The highest BCUT2D eigenvalue weighted by atomic mass is 35.6. The van der Waals surface area contributed by atoms with Crippen LogP contribution in [0.25, 0.3) is 0 Å². The number of halogens is 3. The first-order valence-electron chi connectivity index (χ1n) is 6.64. The van der Waals surface area contributed by atoms with Gasteiger partial charge in [-0.05, 0) is 24.4 Å². The summed E-state index contributed by atoms with van der Waals surface area (Å²) in [6.45, 7) is 5.21. The second-order valence-corrected chi connectivity index (χ2v) is 8.62. The molecule has 0 aliphatic carbocycles. The molecule has 1 aromatic carbocycles. The number of hydrogen-bond acceptors (Lipinski definition) is 3. The van der Waals surface area contributed by atoms with Crippen molar-refractivity contribution in [1.82, 2.24) is 10.6 Å². The molecule has 0 bridgehead atoms. The Morgan fingerprint density at radius 3 is 2.30 bits per heavy atom. The van der Waals surface area contributed by atoms with Crippen LogP contribution in [0.2, 0.25) is 0 Å². The zero-order chi connectivity index (χ0) is 17.8. The van der Waals surface area contributed by atoms with E-state index in [1.807, 2.05) is 0 Å². The lowest BCUT2D eigenvalue weighted by molar-refractivity contribution is -0.129. The molecule has 0 saturated heterocycles. The minimum Gasteiger partial charge on any atom is -0.508 e. The van der Waals surface area contributed by atoms with Gasteiger partial charge in [-0.1, -0.05) is 61.6 Å². The molecule has 0 aromatic heterocycles. The number of carbonyl (C=O) groups excluding carboxylic acids is 1. The third kappa shape index (κ3) is 6.99. The topological polar surface area (TPSA) is 73.4 Å². The van der Waals surface area contributed by atoms with Crippen molar-refractivity contribution in [3.8, 4) is 5.75 Å². The Labute approximate surface area is 155 Å². The molecule has 1 aromatic rings. The van der Waals surface area contributed by atoms with Crippen molar-refractivity contribution in [2.24, 2.45) is 5.41 Å². The van der Waals surface area contributed by atoms with Crippen LogP contribution in [0.3, 0.4) is 0 Å². The lowest BCUT2D eigenvalue weighted by Gasteiger charge is -2.30. The van der Waals surface area contributed by atoms with E-state index in [0.29, 0.717) is 5.69 Å². The van der Waals surface area contributed by atoms with Gasteiger partial charge in [0.05, 0.1) is 0 Å². The van der Waals surface area contributed by atoms with Gasteiger partial charge in [0.25, 0.3) is 0 Å². The number of phenols is 1. The molecule has 0 heterocycles. The zero-order valence-electron chi connectivity index (χ0n) is 12.8. The number of anilines is 1. The van der Waals surface area contributed by atoms with E-state index in [1.54, 1.807) is 32.9 Å². The van der Waals surface area contributed by atoms with Crippen molar-refractivity contribution < 1.29 is 9.90 Å². The molecule has 1 atom stereocenters. The van der Waals surface area contributed by atoms with Crippen LogP contribution in [0.5, 0.6) is 5.75 Å². The zero-order valence-corrected chi connectivity index (χ0v) is 15.9.